The highest BCUT2D eigenvalue weighted by atomic mass is 16.6. The van der Waals surface area contributed by atoms with E-state index in [0.717, 1.165) is 44.8 Å². The maximum atomic E-state index is 12.0. The number of aldehydes is 1. The first-order valence-electron chi connectivity index (χ1n) is 8.86. The Labute approximate surface area is 144 Å². The summed E-state index contributed by atoms with van der Waals surface area (Å²) in [4.78, 5) is 33.5. The molecule has 0 saturated heterocycles. The molecule has 0 aromatic carbocycles. The van der Waals surface area contributed by atoms with Crippen molar-refractivity contribution >= 4 is 18.3 Å². The van der Waals surface area contributed by atoms with Crippen molar-refractivity contribution in [3.63, 3.8) is 0 Å². The molecule has 2 N–H and O–H groups in total. The molecule has 0 aliphatic heterocycles. The van der Waals surface area contributed by atoms with Crippen LogP contribution in [0.1, 0.15) is 72.1 Å². The monoisotopic (exact) mass is 341 g/mol. The van der Waals surface area contributed by atoms with Crippen LogP contribution < -0.4 is 5.32 Å². The molecule has 1 saturated carbocycles. The molecule has 0 heterocycles. The molecule has 24 heavy (non-hydrogen) atoms. The van der Waals surface area contributed by atoms with E-state index in [0.29, 0.717) is 12.3 Å². The van der Waals surface area contributed by atoms with Gasteiger partial charge in [-0.1, -0.05) is 12.8 Å². The third kappa shape index (κ3) is 8.31. The molecule has 1 aliphatic carbocycles. The highest BCUT2D eigenvalue weighted by molar-refractivity contribution is 5.69. The van der Waals surface area contributed by atoms with Gasteiger partial charge in [0.15, 0.2) is 0 Å². The first-order valence-corrected chi connectivity index (χ1v) is 8.86. The van der Waals surface area contributed by atoms with Crippen molar-refractivity contribution in [1.29, 1.82) is 0 Å². The van der Waals surface area contributed by atoms with Gasteiger partial charge in [-0.3, -0.25) is 4.79 Å². The molecule has 0 spiro atoms. The molecule has 0 aromatic rings. The molecule has 0 radical (unpaired) electrons. The minimum Gasteiger partial charge on any atom is -0.481 e. The number of rotatable bonds is 8. The second kappa shape index (κ2) is 9.64. The molecule has 1 unspecified atom stereocenters. The Hall–Kier alpha value is -1.59. The number of hydrogen-bond acceptors (Lipinski definition) is 4. The molecule has 1 fully saturated rings. The van der Waals surface area contributed by atoms with Crippen molar-refractivity contribution in [2.45, 2.75) is 83.8 Å². The van der Waals surface area contributed by atoms with Gasteiger partial charge in [0.25, 0.3) is 0 Å². The van der Waals surface area contributed by atoms with Gasteiger partial charge in [0.1, 0.15) is 11.9 Å². The van der Waals surface area contributed by atoms with Crippen molar-refractivity contribution < 1.29 is 24.2 Å². The Morgan fingerprint density at radius 1 is 1.25 bits per heavy atom. The molecule has 1 rings (SSSR count). The number of carbonyl (C=O) groups excluding carboxylic acids is 2. The Morgan fingerprint density at radius 3 is 2.38 bits per heavy atom. The number of ether oxygens (including phenoxy) is 1. The highest BCUT2D eigenvalue weighted by Crippen LogP contribution is 2.34. The average Bonchev–Trinajstić information content (AvgIpc) is 2.45. The number of carbonyl (C=O) groups is 3. The van der Waals surface area contributed by atoms with E-state index >= 15 is 0 Å². The maximum Gasteiger partial charge on any atom is 0.407 e. The van der Waals surface area contributed by atoms with Crippen LogP contribution in [0.4, 0.5) is 4.79 Å². The summed E-state index contributed by atoms with van der Waals surface area (Å²) < 4.78 is 5.28. The molecule has 6 heteroatoms. The second-order valence-electron chi connectivity index (χ2n) is 7.72. The van der Waals surface area contributed by atoms with Gasteiger partial charge in [-0.25, -0.2) is 4.79 Å². The van der Waals surface area contributed by atoms with Crippen LogP contribution in [-0.2, 0) is 14.3 Å². The third-order valence-corrected chi connectivity index (χ3v) is 4.52. The lowest BCUT2D eigenvalue weighted by Gasteiger charge is -2.34. The summed E-state index contributed by atoms with van der Waals surface area (Å²) in [5.41, 5.74) is -0.558. The minimum atomic E-state index is -0.740. The summed E-state index contributed by atoms with van der Waals surface area (Å²) in [6.07, 6.45) is 6.51. The standard InChI is InChI=1S/C18H31NO5/c1-18(2,3)24-17(23)19-15(11-12-20)14-9-7-13(8-10-14)5-4-6-16(21)22/h12-15H,4-11H2,1-3H3,(H,19,23)(H,21,22). The predicted molar refractivity (Wildman–Crippen MR) is 90.8 cm³/mol. The fourth-order valence-corrected chi connectivity index (χ4v) is 3.35. The van der Waals surface area contributed by atoms with Crippen molar-refractivity contribution in [2.75, 3.05) is 0 Å². The molecule has 6 nitrogen and oxygen atoms in total. The molecule has 0 bridgehead atoms. The van der Waals surface area contributed by atoms with Crippen LogP contribution in [0.2, 0.25) is 0 Å². The van der Waals surface area contributed by atoms with Gasteiger partial charge in [0, 0.05) is 18.9 Å². The van der Waals surface area contributed by atoms with E-state index in [9.17, 15) is 14.4 Å². The first-order chi connectivity index (χ1) is 11.2. The fraction of sp³-hybridized carbons (Fsp3) is 0.833. The predicted octanol–water partition coefficient (Wildman–Crippen LogP) is 3.53. The number of nitrogens with one attached hydrogen (secondary N) is 1. The third-order valence-electron chi connectivity index (χ3n) is 4.52. The lowest BCUT2D eigenvalue weighted by atomic mass is 9.76. The van der Waals surface area contributed by atoms with Gasteiger partial charge in [0.2, 0.25) is 0 Å². The van der Waals surface area contributed by atoms with Gasteiger partial charge in [-0.2, -0.15) is 0 Å². The van der Waals surface area contributed by atoms with E-state index in [1.165, 1.54) is 0 Å². The summed E-state index contributed by atoms with van der Waals surface area (Å²) in [6, 6.07) is -0.183. The Bertz CT molecular complexity index is 422. The minimum absolute atomic E-state index is 0.183. The zero-order valence-electron chi connectivity index (χ0n) is 15.0. The van der Waals surface area contributed by atoms with E-state index in [2.05, 4.69) is 5.32 Å². The number of carboxylic acids is 1. The quantitative estimate of drug-likeness (QED) is 0.659. The van der Waals surface area contributed by atoms with Gasteiger partial charge in [-0.05, 0) is 58.3 Å². The molecule has 0 aromatic heterocycles. The summed E-state index contributed by atoms with van der Waals surface area (Å²) in [7, 11) is 0. The molecule has 1 amide bonds. The van der Waals surface area contributed by atoms with E-state index in [1.807, 2.05) is 20.8 Å². The number of amides is 1. The smallest absolute Gasteiger partial charge is 0.407 e. The second-order valence-corrected chi connectivity index (χ2v) is 7.72. The SMILES string of the molecule is CC(C)(C)OC(=O)NC(CC=O)C1CCC(CCCC(=O)O)CC1. The average molecular weight is 341 g/mol. The van der Waals surface area contributed by atoms with Crippen LogP contribution in [-0.4, -0.2) is 35.1 Å². The van der Waals surface area contributed by atoms with Gasteiger partial charge in [-0.15, -0.1) is 0 Å². The van der Waals surface area contributed by atoms with Crippen molar-refractivity contribution in [3.05, 3.63) is 0 Å². The summed E-state index contributed by atoms with van der Waals surface area (Å²) in [5, 5.41) is 11.5. The van der Waals surface area contributed by atoms with Crippen LogP contribution in [0.3, 0.4) is 0 Å². The molecular formula is C18H31NO5. The van der Waals surface area contributed by atoms with Gasteiger partial charge in [0.05, 0.1) is 0 Å². The van der Waals surface area contributed by atoms with Gasteiger partial charge >= 0.3 is 12.1 Å². The van der Waals surface area contributed by atoms with E-state index in [1.54, 1.807) is 0 Å². The van der Waals surface area contributed by atoms with Crippen molar-refractivity contribution in [1.82, 2.24) is 5.32 Å². The lowest BCUT2D eigenvalue weighted by Crippen LogP contribution is -2.44. The van der Waals surface area contributed by atoms with Gasteiger partial charge < -0.3 is 20.0 Å². The molecule has 1 atom stereocenters. The number of hydrogen-bond donors (Lipinski definition) is 2. The van der Waals surface area contributed by atoms with Crippen molar-refractivity contribution in [2.24, 2.45) is 11.8 Å². The molecule has 138 valence electrons. The van der Waals surface area contributed by atoms with Crippen molar-refractivity contribution in [3.8, 4) is 0 Å². The van der Waals surface area contributed by atoms with E-state index < -0.39 is 17.7 Å². The normalized spacial score (nSPS) is 22.5. The molecular weight excluding hydrogens is 310 g/mol. The highest BCUT2D eigenvalue weighted by Gasteiger charge is 2.29. The number of alkyl carbamates (subject to hydrolysis) is 1. The molecule has 1 aliphatic rings. The van der Waals surface area contributed by atoms with Crippen LogP contribution in [0, 0.1) is 11.8 Å². The maximum absolute atomic E-state index is 12.0. The fourth-order valence-electron chi connectivity index (χ4n) is 3.35. The van der Waals surface area contributed by atoms with Crippen LogP contribution in [0.15, 0.2) is 0 Å². The summed E-state index contributed by atoms with van der Waals surface area (Å²) in [5.74, 6) is 0.0914. The Morgan fingerprint density at radius 2 is 1.88 bits per heavy atom. The van der Waals surface area contributed by atoms with E-state index in [4.69, 9.17) is 9.84 Å². The largest absolute Gasteiger partial charge is 0.481 e. The zero-order valence-corrected chi connectivity index (χ0v) is 15.0. The summed E-state index contributed by atoms with van der Waals surface area (Å²) >= 11 is 0. The lowest BCUT2D eigenvalue weighted by molar-refractivity contribution is -0.137. The first kappa shape index (κ1) is 20.5. The number of aliphatic carboxylic acids is 1. The Balaban J connectivity index is 2.43. The summed E-state index contributed by atoms with van der Waals surface area (Å²) in [6.45, 7) is 5.43. The van der Waals surface area contributed by atoms with Crippen LogP contribution in [0.25, 0.3) is 0 Å². The van der Waals surface area contributed by atoms with Crippen LogP contribution >= 0.6 is 0 Å². The number of carboxylic acid groups (broad SMARTS) is 1. The van der Waals surface area contributed by atoms with E-state index in [-0.39, 0.29) is 18.4 Å². The van der Waals surface area contributed by atoms with Crippen LogP contribution in [0.5, 0.6) is 0 Å². The topological polar surface area (TPSA) is 92.7 Å². The Kier molecular flexibility index (Phi) is 8.22. The zero-order chi connectivity index (χ0) is 18.2.